The Morgan fingerprint density at radius 3 is 2.70 bits per heavy atom. The lowest BCUT2D eigenvalue weighted by molar-refractivity contribution is 0.0695. The Labute approximate surface area is 118 Å². The highest BCUT2D eigenvalue weighted by atomic mass is 16.5. The summed E-state index contributed by atoms with van der Waals surface area (Å²) >= 11 is 0. The van der Waals surface area contributed by atoms with E-state index in [-0.39, 0.29) is 0 Å². The second-order valence-corrected chi connectivity index (χ2v) is 4.79. The van der Waals surface area contributed by atoms with Gasteiger partial charge in [-0.2, -0.15) is 5.10 Å². The molecule has 1 aromatic rings. The van der Waals surface area contributed by atoms with Crippen molar-refractivity contribution in [1.29, 1.82) is 0 Å². The van der Waals surface area contributed by atoms with Gasteiger partial charge >= 0.3 is 5.97 Å². The molecule has 20 heavy (non-hydrogen) atoms. The third-order valence-electron chi connectivity index (χ3n) is 3.56. The molecule has 0 unspecified atom stereocenters. The van der Waals surface area contributed by atoms with Crippen molar-refractivity contribution in [2.45, 2.75) is 33.1 Å². The number of hydrogen-bond donors (Lipinski definition) is 1. The molecule has 2 rings (SSSR count). The number of ether oxygens (including phenoxy) is 1. The number of carboxylic acids is 1. The summed E-state index contributed by atoms with van der Waals surface area (Å²) in [5.41, 5.74) is 1.89. The molecule has 1 aromatic heterocycles. The molecular weight excluding hydrogens is 258 g/mol. The third kappa shape index (κ3) is 2.90. The summed E-state index contributed by atoms with van der Waals surface area (Å²) < 4.78 is 5.41. The molecule has 0 amide bonds. The monoisotopic (exact) mass is 279 g/mol. The first kappa shape index (κ1) is 14.7. The molecule has 1 aliphatic rings. The second kappa shape index (κ2) is 6.65. The molecule has 1 saturated heterocycles. The van der Waals surface area contributed by atoms with E-state index in [1.807, 2.05) is 18.7 Å². The number of aryl methyl sites for hydroxylation is 1. The van der Waals surface area contributed by atoms with Gasteiger partial charge in [0.05, 0.1) is 12.3 Å². The second-order valence-electron chi connectivity index (χ2n) is 4.79. The van der Waals surface area contributed by atoms with Gasteiger partial charge in [-0.25, -0.2) is 4.79 Å². The molecule has 2 heterocycles. The van der Waals surface area contributed by atoms with E-state index in [2.05, 4.69) is 10.2 Å². The summed E-state index contributed by atoms with van der Waals surface area (Å²) in [6, 6.07) is 0. The number of carbonyl (C=O) groups is 1. The van der Waals surface area contributed by atoms with Crippen LogP contribution in [0.15, 0.2) is 0 Å². The number of carboxylic acid groups (broad SMARTS) is 1. The number of hydrogen-bond acceptors (Lipinski definition) is 5. The Morgan fingerprint density at radius 1 is 1.25 bits per heavy atom. The van der Waals surface area contributed by atoms with Gasteiger partial charge in [0.1, 0.15) is 5.56 Å². The highest BCUT2D eigenvalue weighted by molar-refractivity contribution is 5.95. The minimum Gasteiger partial charge on any atom is -0.478 e. The summed E-state index contributed by atoms with van der Waals surface area (Å²) in [6.45, 7) is 6.64. The largest absolute Gasteiger partial charge is 0.478 e. The molecule has 0 aromatic carbocycles. The average Bonchev–Trinajstić information content (AvgIpc) is 2.74. The van der Waals surface area contributed by atoms with Crippen LogP contribution in [0.5, 0.6) is 0 Å². The lowest BCUT2D eigenvalue weighted by atomic mass is 10.0. The average molecular weight is 279 g/mol. The minimum atomic E-state index is -0.924. The number of aromatic nitrogens is 2. The molecule has 0 aliphatic carbocycles. The number of aromatic carboxylic acids is 1. The van der Waals surface area contributed by atoms with Crippen molar-refractivity contribution in [3.63, 3.8) is 0 Å². The van der Waals surface area contributed by atoms with Gasteiger partial charge in [0.15, 0.2) is 5.82 Å². The van der Waals surface area contributed by atoms with Crippen LogP contribution in [-0.4, -0.2) is 47.6 Å². The van der Waals surface area contributed by atoms with Crippen molar-refractivity contribution in [3.05, 3.63) is 16.8 Å². The topological polar surface area (TPSA) is 75.5 Å². The van der Waals surface area contributed by atoms with Gasteiger partial charge in [-0.1, -0.05) is 13.8 Å². The Balaban J connectivity index is 2.48. The third-order valence-corrected chi connectivity index (χ3v) is 3.56. The first-order valence-corrected chi connectivity index (χ1v) is 7.13. The number of anilines is 1. The summed E-state index contributed by atoms with van der Waals surface area (Å²) in [4.78, 5) is 13.6. The molecule has 0 atom stereocenters. The molecule has 1 aliphatic heterocycles. The lowest BCUT2D eigenvalue weighted by Gasteiger charge is -2.23. The van der Waals surface area contributed by atoms with E-state index in [4.69, 9.17) is 4.74 Å². The molecule has 0 radical (unpaired) electrons. The van der Waals surface area contributed by atoms with Crippen LogP contribution < -0.4 is 4.90 Å². The first-order chi connectivity index (χ1) is 9.69. The zero-order chi connectivity index (χ0) is 14.5. The standard InChI is InChI=1S/C14H21N3O3/c1-3-10-11(4-2)15-16-13(12(10)14(18)19)17-6-5-8-20-9-7-17/h3-9H2,1-2H3,(H,18,19). The van der Waals surface area contributed by atoms with Crippen molar-refractivity contribution in [3.8, 4) is 0 Å². The van der Waals surface area contributed by atoms with Crippen molar-refractivity contribution < 1.29 is 14.6 Å². The van der Waals surface area contributed by atoms with Crippen LogP contribution in [0, 0.1) is 0 Å². The Bertz CT molecular complexity index is 483. The normalized spacial score (nSPS) is 16.0. The van der Waals surface area contributed by atoms with Crippen LogP contribution in [-0.2, 0) is 17.6 Å². The lowest BCUT2D eigenvalue weighted by Crippen LogP contribution is -2.30. The summed E-state index contributed by atoms with van der Waals surface area (Å²) in [7, 11) is 0. The molecule has 1 N–H and O–H groups in total. The van der Waals surface area contributed by atoms with E-state index in [1.165, 1.54) is 0 Å². The SMILES string of the molecule is CCc1nnc(N2CCCOCC2)c(C(=O)O)c1CC. The van der Waals surface area contributed by atoms with Crippen LogP contribution in [0.1, 0.15) is 41.9 Å². The molecule has 0 saturated carbocycles. The van der Waals surface area contributed by atoms with Gasteiger partial charge in [0.2, 0.25) is 0 Å². The summed E-state index contributed by atoms with van der Waals surface area (Å²) in [5.74, 6) is -0.441. The molecule has 1 fully saturated rings. The van der Waals surface area contributed by atoms with Crippen molar-refractivity contribution >= 4 is 11.8 Å². The fourth-order valence-electron chi connectivity index (χ4n) is 2.57. The molecule has 0 spiro atoms. The summed E-state index contributed by atoms with van der Waals surface area (Å²) in [5, 5.41) is 18.0. The zero-order valence-corrected chi connectivity index (χ0v) is 12.1. The Kier molecular flexibility index (Phi) is 4.89. The Morgan fingerprint density at radius 2 is 2.05 bits per heavy atom. The maximum Gasteiger partial charge on any atom is 0.339 e. The van der Waals surface area contributed by atoms with E-state index in [9.17, 15) is 9.90 Å². The van der Waals surface area contributed by atoms with E-state index in [0.717, 1.165) is 24.2 Å². The van der Waals surface area contributed by atoms with Gasteiger partial charge in [0, 0.05) is 19.7 Å². The van der Waals surface area contributed by atoms with Crippen LogP contribution >= 0.6 is 0 Å². The maximum absolute atomic E-state index is 11.7. The zero-order valence-electron chi connectivity index (χ0n) is 12.1. The smallest absolute Gasteiger partial charge is 0.339 e. The molecule has 0 bridgehead atoms. The summed E-state index contributed by atoms with van der Waals surface area (Å²) in [6.07, 6.45) is 2.22. The van der Waals surface area contributed by atoms with Gasteiger partial charge in [-0.15, -0.1) is 5.10 Å². The van der Waals surface area contributed by atoms with Crippen LogP contribution in [0.2, 0.25) is 0 Å². The predicted octanol–water partition coefficient (Wildman–Crippen LogP) is 1.53. The van der Waals surface area contributed by atoms with Crippen LogP contribution in [0.25, 0.3) is 0 Å². The van der Waals surface area contributed by atoms with E-state index < -0.39 is 5.97 Å². The van der Waals surface area contributed by atoms with E-state index >= 15 is 0 Å². The fourth-order valence-corrected chi connectivity index (χ4v) is 2.57. The molecule has 6 heteroatoms. The first-order valence-electron chi connectivity index (χ1n) is 7.13. The van der Waals surface area contributed by atoms with E-state index in [0.29, 0.717) is 44.0 Å². The Hall–Kier alpha value is -1.69. The van der Waals surface area contributed by atoms with Gasteiger partial charge in [-0.05, 0) is 24.8 Å². The van der Waals surface area contributed by atoms with Gasteiger partial charge in [0.25, 0.3) is 0 Å². The highest BCUT2D eigenvalue weighted by Crippen LogP contribution is 2.24. The molecular formula is C14H21N3O3. The van der Waals surface area contributed by atoms with Crippen molar-refractivity contribution in [2.75, 3.05) is 31.2 Å². The molecule has 110 valence electrons. The predicted molar refractivity (Wildman–Crippen MR) is 75.4 cm³/mol. The molecule has 6 nitrogen and oxygen atoms in total. The fraction of sp³-hybridized carbons (Fsp3) is 0.643. The van der Waals surface area contributed by atoms with Gasteiger partial charge in [-0.3, -0.25) is 0 Å². The quantitative estimate of drug-likeness (QED) is 0.900. The van der Waals surface area contributed by atoms with Crippen LogP contribution in [0.3, 0.4) is 0 Å². The number of rotatable bonds is 4. The number of nitrogens with zero attached hydrogens (tertiary/aromatic N) is 3. The van der Waals surface area contributed by atoms with Gasteiger partial charge < -0.3 is 14.7 Å². The van der Waals surface area contributed by atoms with Crippen molar-refractivity contribution in [2.24, 2.45) is 0 Å². The van der Waals surface area contributed by atoms with E-state index in [1.54, 1.807) is 0 Å². The van der Waals surface area contributed by atoms with Crippen molar-refractivity contribution in [1.82, 2.24) is 10.2 Å². The minimum absolute atomic E-state index is 0.307. The highest BCUT2D eigenvalue weighted by Gasteiger charge is 2.24. The van der Waals surface area contributed by atoms with Crippen LogP contribution in [0.4, 0.5) is 5.82 Å². The maximum atomic E-state index is 11.7.